The first-order chi connectivity index (χ1) is 8.65. The SMILES string of the molecule is Cc1cnc(CNc2ccnc(C(N)=O)c2)cn1. The summed E-state index contributed by atoms with van der Waals surface area (Å²) >= 11 is 0. The molecule has 6 nitrogen and oxygen atoms in total. The average molecular weight is 243 g/mol. The summed E-state index contributed by atoms with van der Waals surface area (Å²) in [5, 5.41) is 3.13. The van der Waals surface area contributed by atoms with Gasteiger partial charge in [0.2, 0.25) is 0 Å². The summed E-state index contributed by atoms with van der Waals surface area (Å²) in [5.41, 5.74) is 7.84. The van der Waals surface area contributed by atoms with Gasteiger partial charge >= 0.3 is 0 Å². The summed E-state index contributed by atoms with van der Waals surface area (Å²) in [6, 6.07) is 3.36. The number of amides is 1. The molecule has 0 aliphatic heterocycles. The van der Waals surface area contributed by atoms with Gasteiger partial charge in [-0.05, 0) is 19.1 Å². The van der Waals surface area contributed by atoms with E-state index in [9.17, 15) is 4.79 Å². The number of nitrogens with zero attached hydrogens (tertiary/aromatic N) is 3. The van der Waals surface area contributed by atoms with Gasteiger partial charge in [0, 0.05) is 18.1 Å². The van der Waals surface area contributed by atoms with Crippen molar-refractivity contribution >= 4 is 11.6 Å². The van der Waals surface area contributed by atoms with E-state index < -0.39 is 5.91 Å². The number of aromatic nitrogens is 3. The van der Waals surface area contributed by atoms with Crippen LogP contribution in [0.4, 0.5) is 5.69 Å². The lowest BCUT2D eigenvalue weighted by Crippen LogP contribution is -2.13. The van der Waals surface area contributed by atoms with Crippen LogP contribution in [0.5, 0.6) is 0 Å². The van der Waals surface area contributed by atoms with Crippen LogP contribution in [0.3, 0.4) is 0 Å². The molecule has 0 saturated heterocycles. The summed E-state index contributed by atoms with van der Waals surface area (Å²) in [5.74, 6) is -0.547. The number of nitrogens with one attached hydrogen (secondary N) is 1. The molecule has 0 aromatic carbocycles. The number of aryl methyl sites for hydroxylation is 1. The highest BCUT2D eigenvalue weighted by molar-refractivity contribution is 5.91. The van der Waals surface area contributed by atoms with Crippen LogP contribution in [0, 0.1) is 6.92 Å². The molecular weight excluding hydrogens is 230 g/mol. The van der Waals surface area contributed by atoms with E-state index in [1.54, 1.807) is 24.5 Å². The molecule has 0 unspecified atom stereocenters. The van der Waals surface area contributed by atoms with Crippen LogP contribution < -0.4 is 11.1 Å². The Morgan fingerprint density at radius 2 is 2.17 bits per heavy atom. The first kappa shape index (κ1) is 12.0. The predicted molar refractivity (Wildman–Crippen MR) is 66.9 cm³/mol. The van der Waals surface area contributed by atoms with Crippen LogP contribution in [-0.4, -0.2) is 20.9 Å². The normalized spacial score (nSPS) is 10.1. The summed E-state index contributed by atoms with van der Waals surface area (Å²) in [7, 11) is 0. The van der Waals surface area contributed by atoms with Crippen LogP contribution in [0.2, 0.25) is 0 Å². The lowest BCUT2D eigenvalue weighted by atomic mass is 10.3. The largest absolute Gasteiger partial charge is 0.379 e. The Kier molecular flexibility index (Phi) is 3.47. The molecule has 0 bridgehead atoms. The number of pyridine rings is 1. The minimum atomic E-state index is -0.547. The van der Waals surface area contributed by atoms with Gasteiger partial charge in [-0.2, -0.15) is 0 Å². The zero-order valence-corrected chi connectivity index (χ0v) is 9.92. The van der Waals surface area contributed by atoms with Crippen LogP contribution in [0.1, 0.15) is 21.9 Å². The fourth-order valence-corrected chi connectivity index (χ4v) is 1.38. The molecule has 18 heavy (non-hydrogen) atoms. The second-order valence-corrected chi connectivity index (χ2v) is 3.80. The first-order valence-corrected chi connectivity index (χ1v) is 5.42. The van der Waals surface area contributed by atoms with Crippen LogP contribution >= 0.6 is 0 Å². The fraction of sp³-hybridized carbons (Fsp3) is 0.167. The van der Waals surface area contributed by atoms with Crippen molar-refractivity contribution in [3.05, 3.63) is 47.8 Å². The van der Waals surface area contributed by atoms with Crippen LogP contribution in [0.15, 0.2) is 30.7 Å². The van der Waals surface area contributed by atoms with E-state index >= 15 is 0 Å². The zero-order chi connectivity index (χ0) is 13.0. The molecule has 2 heterocycles. The average Bonchev–Trinajstić information content (AvgIpc) is 2.38. The van der Waals surface area contributed by atoms with E-state index in [0.717, 1.165) is 17.1 Å². The first-order valence-electron chi connectivity index (χ1n) is 5.42. The third kappa shape index (κ3) is 3.00. The van der Waals surface area contributed by atoms with Gasteiger partial charge in [0.15, 0.2) is 0 Å². The third-order valence-corrected chi connectivity index (χ3v) is 2.32. The molecule has 0 saturated carbocycles. The Labute approximate surface area is 104 Å². The third-order valence-electron chi connectivity index (χ3n) is 2.32. The van der Waals surface area contributed by atoms with E-state index in [4.69, 9.17) is 5.73 Å². The van der Waals surface area contributed by atoms with E-state index in [0.29, 0.717) is 6.54 Å². The van der Waals surface area contributed by atoms with Gasteiger partial charge in [-0.1, -0.05) is 0 Å². The number of rotatable bonds is 4. The predicted octanol–water partition coefficient (Wildman–Crippen LogP) is 0.891. The highest BCUT2D eigenvalue weighted by atomic mass is 16.1. The highest BCUT2D eigenvalue weighted by Gasteiger charge is 2.03. The van der Waals surface area contributed by atoms with Crippen molar-refractivity contribution in [1.29, 1.82) is 0 Å². The van der Waals surface area contributed by atoms with Crippen molar-refractivity contribution in [3.63, 3.8) is 0 Å². The molecule has 0 radical (unpaired) electrons. The molecule has 6 heteroatoms. The highest BCUT2D eigenvalue weighted by Crippen LogP contribution is 2.08. The fourth-order valence-electron chi connectivity index (χ4n) is 1.38. The molecule has 0 spiro atoms. The van der Waals surface area contributed by atoms with Crippen molar-refractivity contribution in [2.24, 2.45) is 5.73 Å². The Bertz CT molecular complexity index is 553. The number of carbonyl (C=O) groups is 1. The van der Waals surface area contributed by atoms with Gasteiger partial charge in [0.25, 0.3) is 5.91 Å². The minimum absolute atomic E-state index is 0.231. The molecule has 1 amide bonds. The van der Waals surface area contributed by atoms with Crippen molar-refractivity contribution in [2.75, 3.05) is 5.32 Å². The molecule has 92 valence electrons. The molecule has 3 N–H and O–H groups in total. The molecule has 0 aliphatic rings. The lowest BCUT2D eigenvalue weighted by Gasteiger charge is -2.06. The number of hydrogen-bond donors (Lipinski definition) is 2. The number of primary amides is 1. The minimum Gasteiger partial charge on any atom is -0.379 e. The van der Waals surface area contributed by atoms with Crippen LogP contribution in [-0.2, 0) is 6.54 Å². The maximum atomic E-state index is 11.0. The summed E-state index contributed by atoms with van der Waals surface area (Å²) in [6.45, 7) is 2.40. The maximum absolute atomic E-state index is 11.0. The Morgan fingerprint density at radius 1 is 1.33 bits per heavy atom. The number of anilines is 1. The van der Waals surface area contributed by atoms with Gasteiger partial charge < -0.3 is 11.1 Å². The zero-order valence-electron chi connectivity index (χ0n) is 9.92. The molecule has 0 fully saturated rings. The van der Waals surface area contributed by atoms with Crippen molar-refractivity contribution in [2.45, 2.75) is 13.5 Å². The molecule has 2 aromatic rings. The molecular formula is C12H13N5O. The molecule has 2 rings (SSSR count). The molecule has 0 aliphatic carbocycles. The number of hydrogen-bond acceptors (Lipinski definition) is 5. The molecule has 2 aromatic heterocycles. The van der Waals surface area contributed by atoms with E-state index in [2.05, 4.69) is 20.3 Å². The monoisotopic (exact) mass is 243 g/mol. The standard InChI is InChI=1S/C12H13N5O/c1-8-5-16-10(6-15-8)7-17-9-2-3-14-11(4-9)12(13)18/h2-6H,7H2,1H3,(H2,13,18)(H,14,17). The smallest absolute Gasteiger partial charge is 0.267 e. The Hall–Kier alpha value is -2.50. The number of nitrogens with two attached hydrogens (primary N) is 1. The van der Waals surface area contributed by atoms with Crippen LogP contribution in [0.25, 0.3) is 0 Å². The van der Waals surface area contributed by atoms with Gasteiger partial charge in [0.1, 0.15) is 5.69 Å². The van der Waals surface area contributed by atoms with Crippen molar-refractivity contribution in [1.82, 2.24) is 15.0 Å². The Balaban J connectivity index is 2.04. The summed E-state index contributed by atoms with van der Waals surface area (Å²) in [4.78, 5) is 23.2. The number of carbonyl (C=O) groups excluding carboxylic acids is 1. The van der Waals surface area contributed by atoms with Gasteiger partial charge in [0.05, 0.1) is 24.1 Å². The maximum Gasteiger partial charge on any atom is 0.267 e. The second kappa shape index (κ2) is 5.22. The van der Waals surface area contributed by atoms with Gasteiger partial charge in [-0.3, -0.25) is 19.7 Å². The van der Waals surface area contributed by atoms with E-state index in [1.807, 2.05) is 6.92 Å². The van der Waals surface area contributed by atoms with E-state index in [1.165, 1.54) is 6.20 Å². The van der Waals surface area contributed by atoms with Gasteiger partial charge in [-0.15, -0.1) is 0 Å². The van der Waals surface area contributed by atoms with E-state index in [-0.39, 0.29) is 5.69 Å². The molecule has 0 atom stereocenters. The quantitative estimate of drug-likeness (QED) is 0.831. The summed E-state index contributed by atoms with van der Waals surface area (Å²) in [6.07, 6.45) is 4.94. The second-order valence-electron chi connectivity index (χ2n) is 3.80. The van der Waals surface area contributed by atoms with Crippen molar-refractivity contribution in [3.8, 4) is 0 Å². The summed E-state index contributed by atoms with van der Waals surface area (Å²) < 4.78 is 0. The Morgan fingerprint density at radius 3 is 2.83 bits per heavy atom. The lowest BCUT2D eigenvalue weighted by molar-refractivity contribution is 0.0995. The van der Waals surface area contributed by atoms with Crippen molar-refractivity contribution < 1.29 is 4.79 Å². The topological polar surface area (TPSA) is 93.8 Å². The van der Waals surface area contributed by atoms with Gasteiger partial charge in [-0.25, -0.2) is 0 Å².